The number of hydrogen-bond acceptors (Lipinski definition) is 7. The van der Waals surface area contributed by atoms with Crippen molar-refractivity contribution < 1.29 is 33.8 Å². The number of nitrogens with zero attached hydrogens (tertiary/aromatic N) is 2. The first kappa shape index (κ1) is 29.0. The molecule has 0 aromatic heterocycles. The van der Waals surface area contributed by atoms with Crippen molar-refractivity contribution in [2.75, 3.05) is 24.6 Å². The number of carbonyl (C=O) groups excluding carboxylic acids is 4. The number of nitrogens with one attached hydrogen (secondary N) is 1. The number of carbonyl (C=O) groups is 4. The van der Waals surface area contributed by atoms with Crippen molar-refractivity contribution in [2.24, 2.45) is 11.8 Å². The van der Waals surface area contributed by atoms with E-state index in [1.165, 1.54) is 4.90 Å². The molecule has 0 unspecified atom stereocenters. The number of likely N-dealkylation sites (tertiary alicyclic amines) is 1. The van der Waals surface area contributed by atoms with E-state index in [0.29, 0.717) is 12.8 Å². The van der Waals surface area contributed by atoms with Crippen molar-refractivity contribution >= 4 is 29.4 Å². The molecule has 10 heteroatoms. The van der Waals surface area contributed by atoms with Gasteiger partial charge in [0, 0.05) is 18.7 Å². The number of amides is 3. The lowest BCUT2D eigenvalue weighted by Crippen LogP contribution is -2.58. The molecular weight excluding hydrogens is 526 g/mol. The van der Waals surface area contributed by atoms with E-state index in [1.54, 1.807) is 30.1 Å². The van der Waals surface area contributed by atoms with Crippen molar-refractivity contribution in [3.8, 4) is 0 Å². The van der Waals surface area contributed by atoms with Gasteiger partial charge in [0.1, 0.15) is 23.7 Å². The summed E-state index contributed by atoms with van der Waals surface area (Å²) in [7, 11) is 0. The predicted molar refractivity (Wildman–Crippen MR) is 151 cm³/mol. The maximum Gasteiger partial charge on any atom is 0.313 e. The molecule has 0 aliphatic carbocycles. The molecule has 2 N–H and O–H groups in total. The summed E-state index contributed by atoms with van der Waals surface area (Å²) in [4.78, 5) is 57.9. The zero-order chi connectivity index (χ0) is 29.5. The smallest absolute Gasteiger partial charge is 0.313 e. The van der Waals surface area contributed by atoms with Crippen LogP contribution in [0.1, 0.15) is 44.2 Å². The number of cyclic esters (lactones) is 1. The summed E-state index contributed by atoms with van der Waals surface area (Å²) in [6, 6.07) is 4.14. The second-order valence-electron chi connectivity index (χ2n) is 11.5. The number of hydrogen-bond donors (Lipinski definition) is 2. The highest BCUT2D eigenvalue weighted by molar-refractivity contribution is 6.06. The van der Waals surface area contributed by atoms with Gasteiger partial charge >= 0.3 is 5.97 Å². The number of allylic oxidation sites excluding steroid dienone is 1. The number of anilines is 1. The van der Waals surface area contributed by atoms with Crippen molar-refractivity contribution in [1.29, 1.82) is 0 Å². The van der Waals surface area contributed by atoms with Crippen LogP contribution in [0.5, 0.6) is 0 Å². The zero-order valence-electron chi connectivity index (χ0n) is 24.0. The Morgan fingerprint density at radius 2 is 1.93 bits per heavy atom. The molecular formula is C31H39N3O7. The van der Waals surface area contributed by atoms with Crippen LogP contribution in [-0.2, 0) is 28.7 Å². The van der Waals surface area contributed by atoms with E-state index in [2.05, 4.69) is 5.32 Å². The summed E-state index contributed by atoms with van der Waals surface area (Å²) in [5, 5.41) is 13.1. The van der Waals surface area contributed by atoms with Crippen molar-refractivity contribution in [1.82, 2.24) is 10.2 Å². The lowest BCUT2D eigenvalue weighted by Gasteiger charge is -2.38. The fourth-order valence-corrected chi connectivity index (χ4v) is 6.64. The van der Waals surface area contributed by atoms with Crippen molar-refractivity contribution in [3.63, 3.8) is 0 Å². The molecule has 1 aromatic rings. The van der Waals surface area contributed by atoms with Gasteiger partial charge in [0.2, 0.25) is 11.8 Å². The van der Waals surface area contributed by atoms with Gasteiger partial charge in [-0.3, -0.25) is 19.2 Å². The summed E-state index contributed by atoms with van der Waals surface area (Å²) < 4.78 is 12.4. The number of aryl methyl sites for hydroxylation is 2. The maximum atomic E-state index is 14.6. The van der Waals surface area contributed by atoms with Gasteiger partial charge in [-0.05, 0) is 50.8 Å². The number of fused-ring (bicyclic) bond motifs is 2. The second kappa shape index (κ2) is 11.4. The minimum absolute atomic E-state index is 0.149. The average Bonchev–Trinajstić information content (AvgIpc) is 3.33. The Morgan fingerprint density at radius 3 is 2.66 bits per heavy atom. The van der Waals surface area contributed by atoms with Crippen molar-refractivity contribution in [2.45, 2.75) is 76.9 Å². The minimum Gasteiger partial charge on any atom is -0.460 e. The number of aliphatic hydroxyl groups excluding tert-OH is 1. The third-order valence-corrected chi connectivity index (χ3v) is 8.70. The Kier molecular flexibility index (Phi) is 8.07. The average molecular weight is 566 g/mol. The summed E-state index contributed by atoms with van der Waals surface area (Å²) in [6.07, 6.45) is 6.73. The summed E-state index contributed by atoms with van der Waals surface area (Å²) >= 11 is 0. The van der Waals surface area contributed by atoms with E-state index >= 15 is 0 Å². The van der Waals surface area contributed by atoms with E-state index in [4.69, 9.17) is 9.47 Å². The van der Waals surface area contributed by atoms with Crippen LogP contribution < -0.4 is 10.2 Å². The normalized spacial score (nSPS) is 33.5. The van der Waals surface area contributed by atoms with E-state index < -0.39 is 53.6 Å². The molecule has 5 rings (SSSR count). The molecule has 10 nitrogen and oxygen atoms in total. The first-order chi connectivity index (χ1) is 19.6. The monoisotopic (exact) mass is 565 g/mol. The molecule has 1 aromatic carbocycles. The number of ether oxygens (including phenoxy) is 2. The van der Waals surface area contributed by atoms with Crippen LogP contribution in [0.25, 0.3) is 0 Å². The number of esters is 1. The fourth-order valence-electron chi connectivity index (χ4n) is 6.64. The van der Waals surface area contributed by atoms with Crippen LogP contribution in [0, 0.1) is 25.7 Å². The topological polar surface area (TPSA) is 125 Å². The fraction of sp³-hybridized carbons (Fsp3) is 0.548. The summed E-state index contributed by atoms with van der Waals surface area (Å²) in [5.74, 6) is -3.55. The molecule has 0 radical (unpaired) electrons. The Balaban J connectivity index is 1.63. The van der Waals surface area contributed by atoms with Gasteiger partial charge in [0.05, 0.1) is 31.2 Å². The van der Waals surface area contributed by atoms with Gasteiger partial charge < -0.3 is 29.7 Å². The van der Waals surface area contributed by atoms with Gasteiger partial charge in [0.15, 0.2) is 0 Å². The van der Waals surface area contributed by atoms with Crippen LogP contribution in [0.3, 0.4) is 0 Å². The van der Waals surface area contributed by atoms with Crippen LogP contribution in [0.4, 0.5) is 5.69 Å². The highest BCUT2D eigenvalue weighted by atomic mass is 16.6. The molecule has 220 valence electrons. The molecule has 4 aliphatic rings. The SMILES string of the molecule is CC[C@@H](CO)N1C(=O)[C@H]2[C@@H]3C(=O)O[C@@H](C)CNC(=O)CC/C=C\[C@@H]3O[C@]23C=CCN(c2cc(C)ccc2C)C(=O)[C@H]13. The van der Waals surface area contributed by atoms with Gasteiger partial charge in [0.25, 0.3) is 5.91 Å². The zero-order valence-corrected chi connectivity index (χ0v) is 24.0. The Morgan fingerprint density at radius 1 is 1.15 bits per heavy atom. The number of rotatable bonds is 4. The van der Waals surface area contributed by atoms with Gasteiger partial charge in [-0.2, -0.15) is 0 Å². The van der Waals surface area contributed by atoms with E-state index in [-0.39, 0.29) is 37.9 Å². The maximum absolute atomic E-state index is 14.6. The third-order valence-electron chi connectivity index (χ3n) is 8.70. The summed E-state index contributed by atoms with van der Waals surface area (Å²) in [5.41, 5.74) is 1.19. The minimum atomic E-state index is -1.45. The Bertz CT molecular complexity index is 1290. The summed E-state index contributed by atoms with van der Waals surface area (Å²) in [6.45, 7) is 7.49. The van der Waals surface area contributed by atoms with Crippen LogP contribution in [-0.4, -0.2) is 83.3 Å². The van der Waals surface area contributed by atoms with E-state index in [1.807, 2.05) is 45.0 Å². The lowest BCUT2D eigenvalue weighted by atomic mass is 9.78. The molecule has 4 heterocycles. The highest BCUT2D eigenvalue weighted by Gasteiger charge is 2.72. The molecule has 0 bridgehead atoms. The Hall–Kier alpha value is -3.50. The standard InChI is InChI=1S/C31H39N3O7/c1-5-21(17-35)34-27-29(38)33(22-15-18(2)11-12-19(22)3)14-8-13-31(27)26(28(34)37)25-23(41-31)9-6-7-10-24(36)32-16-20(4)40-30(25)39/h6,8-9,11-13,15,20-21,23,25-27,35H,5,7,10,14,16-17H2,1-4H3,(H,32,36)/b9-6-/t20-,21-,23-,25+,26+,27-,31+/m0/s1. The first-order valence-electron chi connectivity index (χ1n) is 14.4. The first-order valence-corrected chi connectivity index (χ1v) is 14.4. The lowest BCUT2D eigenvalue weighted by molar-refractivity contribution is -0.159. The molecule has 2 fully saturated rings. The van der Waals surface area contributed by atoms with E-state index in [0.717, 1.165) is 16.8 Å². The van der Waals surface area contributed by atoms with Crippen LogP contribution in [0.2, 0.25) is 0 Å². The quantitative estimate of drug-likeness (QED) is 0.422. The third kappa shape index (κ3) is 4.97. The van der Waals surface area contributed by atoms with E-state index in [9.17, 15) is 24.3 Å². The molecule has 4 aliphatic heterocycles. The van der Waals surface area contributed by atoms with Gasteiger partial charge in [-0.15, -0.1) is 0 Å². The predicted octanol–water partition coefficient (Wildman–Crippen LogP) is 1.96. The molecule has 0 saturated carbocycles. The molecule has 2 saturated heterocycles. The number of benzene rings is 1. The largest absolute Gasteiger partial charge is 0.460 e. The van der Waals surface area contributed by atoms with Gasteiger partial charge in [-0.1, -0.05) is 43.4 Å². The highest BCUT2D eigenvalue weighted by Crippen LogP contribution is 2.54. The molecule has 41 heavy (non-hydrogen) atoms. The van der Waals surface area contributed by atoms with Crippen LogP contribution >= 0.6 is 0 Å². The second-order valence-corrected chi connectivity index (χ2v) is 11.5. The Labute approximate surface area is 240 Å². The van der Waals surface area contributed by atoms with Gasteiger partial charge in [-0.25, -0.2) is 0 Å². The van der Waals surface area contributed by atoms with Crippen molar-refractivity contribution in [3.05, 3.63) is 53.6 Å². The molecule has 1 spiro atoms. The molecule has 3 amide bonds. The van der Waals surface area contributed by atoms with Crippen LogP contribution in [0.15, 0.2) is 42.5 Å². The number of aliphatic hydroxyl groups is 1. The molecule has 7 atom stereocenters.